The first-order valence-electron chi connectivity index (χ1n) is 7.42. The summed E-state index contributed by atoms with van der Waals surface area (Å²) in [4.78, 5) is 16.5. The zero-order valence-electron chi connectivity index (χ0n) is 12.4. The van der Waals surface area contributed by atoms with E-state index in [1.54, 1.807) is 6.20 Å². The molecule has 1 unspecified atom stereocenters. The van der Waals surface area contributed by atoms with Gasteiger partial charge in [-0.3, -0.25) is 10.1 Å². The molecular weight excluding hydrogens is 300 g/mol. The molecule has 1 atom stereocenters. The number of carbonyl (C=O) groups is 1. The van der Waals surface area contributed by atoms with Gasteiger partial charge in [-0.15, -0.1) is 12.4 Å². The summed E-state index contributed by atoms with van der Waals surface area (Å²) < 4.78 is 1.95. The first-order chi connectivity index (χ1) is 10.3. The fourth-order valence-corrected chi connectivity index (χ4v) is 2.61. The van der Waals surface area contributed by atoms with Crippen molar-refractivity contribution < 1.29 is 4.79 Å². The number of aromatic nitrogens is 2. The fourth-order valence-electron chi connectivity index (χ4n) is 2.61. The highest BCUT2D eigenvalue weighted by Crippen LogP contribution is 2.12. The van der Waals surface area contributed by atoms with Gasteiger partial charge in [0, 0.05) is 12.4 Å². The number of imidazole rings is 1. The Kier molecular flexibility index (Phi) is 5.98. The largest absolute Gasteiger partial charge is 0.313 e. The average molecular weight is 321 g/mol. The summed E-state index contributed by atoms with van der Waals surface area (Å²) in [5, 5.41) is 6.18. The van der Waals surface area contributed by atoms with E-state index in [-0.39, 0.29) is 24.4 Å². The molecule has 5 nitrogen and oxygen atoms in total. The Morgan fingerprint density at radius 1 is 1.32 bits per heavy atom. The molecule has 118 valence electrons. The highest BCUT2D eigenvalue weighted by Gasteiger charge is 2.21. The molecule has 1 amide bonds. The number of hydrogen-bond donors (Lipinski definition) is 2. The van der Waals surface area contributed by atoms with E-state index in [9.17, 15) is 4.79 Å². The highest BCUT2D eigenvalue weighted by atomic mass is 35.5. The van der Waals surface area contributed by atoms with Crippen LogP contribution in [0, 0.1) is 0 Å². The van der Waals surface area contributed by atoms with Gasteiger partial charge in [0.1, 0.15) is 0 Å². The van der Waals surface area contributed by atoms with Gasteiger partial charge in [0.05, 0.1) is 12.6 Å². The van der Waals surface area contributed by atoms with Gasteiger partial charge < -0.3 is 9.88 Å². The van der Waals surface area contributed by atoms with Crippen LogP contribution in [0.1, 0.15) is 24.8 Å². The Morgan fingerprint density at radius 2 is 2.14 bits per heavy atom. The molecule has 0 saturated carbocycles. The van der Waals surface area contributed by atoms with Crippen LogP contribution in [0.3, 0.4) is 0 Å². The van der Waals surface area contributed by atoms with Crippen molar-refractivity contribution in [2.24, 2.45) is 0 Å². The lowest BCUT2D eigenvalue weighted by Gasteiger charge is -2.22. The maximum Gasteiger partial charge on any atom is 0.243 e. The van der Waals surface area contributed by atoms with Crippen LogP contribution in [0.4, 0.5) is 5.95 Å². The van der Waals surface area contributed by atoms with Crippen LogP contribution in [0.15, 0.2) is 42.7 Å². The normalized spacial score (nSPS) is 17.5. The van der Waals surface area contributed by atoms with Gasteiger partial charge in [-0.25, -0.2) is 4.98 Å². The second-order valence-electron chi connectivity index (χ2n) is 5.36. The van der Waals surface area contributed by atoms with Crippen LogP contribution in [-0.2, 0) is 11.3 Å². The van der Waals surface area contributed by atoms with E-state index in [1.807, 2.05) is 29.0 Å². The number of nitrogens with zero attached hydrogens (tertiary/aromatic N) is 2. The van der Waals surface area contributed by atoms with Gasteiger partial charge in [0.2, 0.25) is 11.9 Å². The maximum absolute atomic E-state index is 12.2. The topological polar surface area (TPSA) is 59.0 Å². The number of benzene rings is 1. The first kappa shape index (κ1) is 16.5. The summed E-state index contributed by atoms with van der Waals surface area (Å²) in [6.07, 6.45) is 6.74. The Bertz CT molecular complexity index is 593. The molecule has 22 heavy (non-hydrogen) atoms. The van der Waals surface area contributed by atoms with Crippen molar-refractivity contribution in [1.29, 1.82) is 0 Å². The van der Waals surface area contributed by atoms with Crippen LogP contribution >= 0.6 is 12.4 Å². The van der Waals surface area contributed by atoms with Crippen molar-refractivity contribution in [1.82, 2.24) is 14.9 Å². The lowest BCUT2D eigenvalue weighted by Crippen LogP contribution is -2.43. The average Bonchev–Trinajstić information content (AvgIpc) is 2.96. The molecule has 0 radical (unpaired) electrons. The van der Waals surface area contributed by atoms with E-state index in [2.05, 4.69) is 27.8 Å². The molecule has 0 aliphatic carbocycles. The third kappa shape index (κ3) is 4.08. The van der Waals surface area contributed by atoms with E-state index in [1.165, 1.54) is 5.56 Å². The SMILES string of the molecule is Cl.O=C(Nc1nccn1Cc1ccccc1)C1CCCCN1. The van der Waals surface area contributed by atoms with Crippen LogP contribution in [0.2, 0.25) is 0 Å². The third-order valence-electron chi connectivity index (χ3n) is 3.77. The second kappa shape index (κ2) is 7.96. The number of anilines is 1. The highest BCUT2D eigenvalue weighted by molar-refractivity contribution is 5.93. The number of piperidine rings is 1. The lowest BCUT2D eigenvalue weighted by molar-refractivity contribution is -0.118. The van der Waals surface area contributed by atoms with E-state index in [4.69, 9.17) is 0 Å². The number of nitrogens with one attached hydrogen (secondary N) is 2. The van der Waals surface area contributed by atoms with E-state index < -0.39 is 0 Å². The Hall–Kier alpha value is -1.85. The van der Waals surface area contributed by atoms with Crippen molar-refractivity contribution in [2.75, 3.05) is 11.9 Å². The minimum Gasteiger partial charge on any atom is -0.313 e. The molecule has 0 spiro atoms. The summed E-state index contributed by atoms with van der Waals surface area (Å²) >= 11 is 0. The molecule has 0 bridgehead atoms. The minimum absolute atomic E-state index is 0. The van der Waals surface area contributed by atoms with Gasteiger partial charge in [-0.1, -0.05) is 36.8 Å². The van der Waals surface area contributed by atoms with E-state index >= 15 is 0 Å². The van der Waals surface area contributed by atoms with Gasteiger partial charge in [-0.2, -0.15) is 0 Å². The molecule has 1 aliphatic heterocycles. The molecule has 6 heteroatoms. The van der Waals surface area contributed by atoms with Gasteiger partial charge in [0.15, 0.2) is 0 Å². The molecule has 2 heterocycles. The Labute approximate surface area is 136 Å². The quantitative estimate of drug-likeness (QED) is 0.909. The minimum atomic E-state index is -0.0966. The molecule has 1 fully saturated rings. The molecule has 1 aromatic heterocycles. The van der Waals surface area contributed by atoms with Crippen LogP contribution in [-0.4, -0.2) is 28.0 Å². The third-order valence-corrected chi connectivity index (χ3v) is 3.77. The van der Waals surface area contributed by atoms with Crippen molar-refractivity contribution in [3.63, 3.8) is 0 Å². The molecule has 3 rings (SSSR count). The van der Waals surface area contributed by atoms with Crippen molar-refractivity contribution in [3.8, 4) is 0 Å². The number of hydrogen-bond acceptors (Lipinski definition) is 3. The van der Waals surface area contributed by atoms with Crippen LogP contribution in [0.5, 0.6) is 0 Å². The molecule has 2 aromatic rings. The standard InChI is InChI=1S/C16H20N4O.ClH/c21-15(14-8-4-5-9-17-14)19-16-18-10-11-20(16)12-13-6-2-1-3-7-13;/h1-3,6-7,10-11,14,17H,4-5,8-9,12H2,(H,18,19,21);1H. The molecule has 1 aromatic carbocycles. The Balaban J connectivity index is 0.00000176. The van der Waals surface area contributed by atoms with Crippen LogP contribution < -0.4 is 10.6 Å². The van der Waals surface area contributed by atoms with Crippen molar-refractivity contribution in [2.45, 2.75) is 31.8 Å². The van der Waals surface area contributed by atoms with Crippen LogP contribution in [0.25, 0.3) is 0 Å². The maximum atomic E-state index is 12.2. The molecule has 1 saturated heterocycles. The van der Waals surface area contributed by atoms with Gasteiger partial charge >= 0.3 is 0 Å². The number of carbonyl (C=O) groups excluding carboxylic acids is 1. The molecular formula is C16H21ClN4O. The van der Waals surface area contributed by atoms with E-state index in [0.717, 1.165) is 25.8 Å². The first-order valence-corrected chi connectivity index (χ1v) is 7.42. The predicted molar refractivity (Wildman–Crippen MR) is 89.3 cm³/mol. The van der Waals surface area contributed by atoms with Crippen molar-refractivity contribution in [3.05, 3.63) is 48.3 Å². The summed E-state index contributed by atoms with van der Waals surface area (Å²) in [5.74, 6) is 0.617. The summed E-state index contributed by atoms with van der Waals surface area (Å²) in [6, 6.07) is 10.0. The number of amides is 1. The number of halogens is 1. The molecule has 2 N–H and O–H groups in total. The summed E-state index contributed by atoms with van der Waals surface area (Å²) in [7, 11) is 0. The lowest BCUT2D eigenvalue weighted by atomic mass is 10.0. The number of rotatable bonds is 4. The molecule has 1 aliphatic rings. The van der Waals surface area contributed by atoms with Crippen molar-refractivity contribution >= 4 is 24.3 Å². The summed E-state index contributed by atoms with van der Waals surface area (Å²) in [5.41, 5.74) is 1.18. The monoisotopic (exact) mass is 320 g/mol. The van der Waals surface area contributed by atoms with E-state index in [0.29, 0.717) is 12.5 Å². The second-order valence-corrected chi connectivity index (χ2v) is 5.36. The fraction of sp³-hybridized carbons (Fsp3) is 0.375. The zero-order valence-corrected chi connectivity index (χ0v) is 13.2. The van der Waals surface area contributed by atoms with Gasteiger partial charge in [0.25, 0.3) is 0 Å². The smallest absolute Gasteiger partial charge is 0.243 e. The predicted octanol–water partition coefficient (Wildman–Crippen LogP) is 2.43. The zero-order chi connectivity index (χ0) is 14.5. The van der Waals surface area contributed by atoms with Gasteiger partial charge in [-0.05, 0) is 24.9 Å². The summed E-state index contributed by atoms with van der Waals surface area (Å²) in [6.45, 7) is 1.62. The Morgan fingerprint density at radius 3 is 2.86 bits per heavy atom.